The maximum absolute atomic E-state index is 13.2. The predicted octanol–water partition coefficient (Wildman–Crippen LogP) is 1.21. The second kappa shape index (κ2) is 11.4. The zero-order valence-electron chi connectivity index (χ0n) is 22.9. The van der Waals surface area contributed by atoms with Gasteiger partial charge in [-0.15, -0.1) is 11.8 Å². The van der Waals surface area contributed by atoms with E-state index in [-0.39, 0.29) is 28.9 Å². The molecule has 3 amide bonds. The van der Waals surface area contributed by atoms with Gasteiger partial charge in [-0.25, -0.2) is 18.6 Å². The Kier molecular flexibility index (Phi) is 7.87. The molecule has 5 heterocycles. The van der Waals surface area contributed by atoms with E-state index in [1.54, 1.807) is 20.8 Å². The average Bonchev–Trinajstić information content (AvgIpc) is 3.55. The van der Waals surface area contributed by atoms with Gasteiger partial charge in [-0.3, -0.25) is 19.8 Å². The lowest BCUT2D eigenvalue weighted by Crippen LogP contribution is -2.71. The first-order chi connectivity index (χ1) is 20.0. The molecule has 0 aliphatic carbocycles. The van der Waals surface area contributed by atoms with Crippen molar-refractivity contribution < 1.29 is 38.4 Å². The fraction of sp³-hybridized carbons (Fsp3) is 0.360. The van der Waals surface area contributed by atoms with Crippen LogP contribution in [-0.4, -0.2) is 83.2 Å². The molecule has 2 aliphatic heterocycles. The molecule has 1 fully saturated rings. The summed E-state index contributed by atoms with van der Waals surface area (Å²) in [5, 5.41) is 18.2. The number of pyridine rings is 1. The fourth-order valence-corrected chi connectivity index (χ4v) is 6.33. The summed E-state index contributed by atoms with van der Waals surface area (Å²) in [7, 11) is 1.23. The monoisotopic (exact) mass is 615 g/mol. The highest BCUT2D eigenvalue weighted by molar-refractivity contribution is 8.00. The van der Waals surface area contributed by atoms with Crippen molar-refractivity contribution in [2.45, 2.75) is 44.3 Å². The van der Waals surface area contributed by atoms with Gasteiger partial charge in [0.15, 0.2) is 0 Å². The summed E-state index contributed by atoms with van der Waals surface area (Å²) in [6, 6.07) is 4.67. The summed E-state index contributed by atoms with van der Waals surface area (Å²) in [6.45, 7) is 5.40. The molecular weight excluding hydrogens is 588 g/mol. The number of carboxylic acids is 1. The lowest BCUT2D eigenvalue weighted by atomic mass is 10.0. The number of carboxylic acid groups (broad SMARTS) is 1. The molecule has 0 saturated carbocycles. The molecule has 3 aromatic heterocycles. The van der Waals surface area contributed by atoms with Crippen LogP contribution in [0.25, 0.3) is 5.65 Å². The first-order valence-corrected chi connectivity index (χ1v) is 14.4. The van der Waals surface area contributed by atoms with Gasteiger partial charge in [-0.2, -0.15) is 9.36 Å². The molecule has 42 heavy (non-hydrogen) atoms. The van der Waals surface area contributed by atoms with Gasteiger partial charge in [0.25, 0.3) is 17.5 Å². The number of oxime groups is 1. The Morgan fingerprint density at radius 1 is 1.26 bits per heavy atom. The van der Waals surface area contributed by atoms with Gasteiger partial charge in [0.1, 0.15) is 48.8 Å². The second-order valence-corrected chi connectivity index (χ2v) is 12.0. The second-order valence-electron chi connectivity index (χ2n) is 10.2. The molecule has 0 aromatic carbocycles. The number of nitrogens with one attached hydrogen (secondary N) is 2. The third-order valence-corrected chi connectivity index (χ3v) is 8.08. The van der Waals surface area contributed by atoms with Gasteiger partial charge in [0.2, 0.25) is 16.7 Å². The van der Waals surface area contributed by atoms with Crippen LogP contribution in [0.5, 0.6) is 0 Å². The standard InChI is InChI=1S/C25H26N8O7S2/c1-25(2,3)40-24(38)28-23-27-18(30-42-23)15(29-39-4)19(34)26-16-20(35)33-17(22(36)37)13(12-41-21(16)33)11-32-10-9-31-8-6-5-7-14(31)32/h5-10,16,21H,11-12H2,1-4H3,(H2-,26,27,28,30,34,36,37,38)/p+1/t16-,21-/m0/s1. The topological polar surface area (TPSA) is 181 Å². The maximum atomic E-state index is 13.2. The van der Waals surface area contributed by atoms with Crippen molar-refractivity contribution >= 4 is 63.7 Å². The van der Waals surface area contributed by atoms with Crippen molar-refractivity contribution in [2.24, 2.45) is 5.16 Å². The van der Waals surface area contributed by atoms with E-state index in [1.165, 1.54) is 23.8 Å². The Morgan fingerprint density at radius 3 is 2.76 bits per heavy atom. The highest BCUT2D eigenvalue weighted by Crippen LogP contribution is 2.40. The fourth-order valence-electron chi connectivity index (χ4n) is 4.44. The molecule has 0 radical (unpaired) electrons. The molecule has 3 aromatic rings. The average molecular weight is 616 g/mol. The number of β-lactam (4-membered cyclic amide) rings is 1. The molecule has 3 N–H and O–H groups in total. The summed E-state index contributed by atoms with van der Waals surface area (Å²) >= 11 is 2.14. The number of hydrogen-bond acceptors (Lipinski definition) is 11. The Bertz CT molecular complexity index is 1640. The van der Waals surface area contributed by atoms with Crippen molar-refractivity contribution in [3.8, 4) is 0 Å². The molecule has 15 nitrogen and oxygen atoms in total. The summed E-state index contributed by atoms with van der Waals surface area (Å²) < 4.78 is 13.1. The summed E-state index contributed by atoms with van der Waals surface area (Å²) in [5.74, 6) is -2.41. The highest BCUT2D eigenvalue weighted by atomic mass is 32.2. The van der Waals surface area contributed by atoms with E-state index in [4.69, 9.17) is 9.57 Å². The molecule has 1 saturated heterocycles. The van der Waals surface area contributed by atoms with E-state index in [1.807, 2.05) is 45.8 Å². The van der Waals surface area contributed by atoms with Gasteiger partial charge in [-0.1, -0.05) is 11.2 Å². The summed E-state index contributed by atoms with van der Waals surface area (Å²) in [4.78, 5) is 60.8. The van der Waals surface area contributed by atoms with Gasteiger partial charge in [0, 0.05) is 28.9 Å². The Balaban J connectivity index is 1.30. The minimum Gasteiger partial charge on any atom is -0.477 e. The third kappa shape index (κ3) is 5.78. The zero-order chi connectivity index (χ0) is 30.2. The number of fused-ring (bicyclic) bond motifs is 2. The van der Waals surface area contributed by atoms with Crippen molar-refractivity contribution in [3.63, 3.8) is 0 Å². The van der Waals surface area contributed by atoms with Crippen LogP contribution >= 0.6 is 23.3 Å². The van der Waals surface area contributed by atoms with Crippen LogP contribution in [0, 0.1) is 0 Å². The van der Waals surface area contributed by atoms with Crippen molar-refractivity contribution in [1.29, 1.82) is 0 Å². The van der Waals surface area contributed by atoms with Crippen molar-refractivity contribution in [2.75, 3.05) is 18.2 Å². The summed E-state index contributed by atoms with van der Waals surface area (Å²) in [5.41, 5.74) is 0.285. The van der Waals surface area contributed by atoms with Gasteiger partial charge < -0.3 is 20.0 Å². The zero-order valence-corrected chi connectivity index (χ0v) is 24.6. The number of thioether (sulfide) groups is 1. The smallest absolute Gasteiger partial charge is 0.414 e. The van der Waals surface area contributed by atoms with Crippen LogP contribution in [0.15, 0.2) is 53.2 Å². The van der Waals surface area contributed by atoms with E-state index in [2.05, 4.69) is 25.1 Å². The van der Waals surface area contributed by atoms with E-state index >= 15 is 0 Å². The number of ether oxygens (including phenoxy) is 1. The number of carbonyl (C=O) groups excluding carboxylic acids is 3. The normalized spacial score (nSPS) is 18.8. The van der Waals surface area contributed by atoms with E-state index in [9.17, 15) is 24.3 Å². The molecular formula is C25H27N8O7S2+. The number of amides is 3. The Hall–Kier alpha value is -4.51. The van der Waals surface area contributed by atoms with Crippen molar-refractivity contribution in [3.05, 3.63) is 53.9 Å². The quantitative estimate of drug-likeness (QED) is 0.144. The van der Waals surface area contributed by atoms with Gasteiger partial charge >= 0.3 is 12.1 Å². The molecule has 2 atom stereocenters. The largest absolute Gasteiger partial charge is 0.477 e. The van der Waals surface area contributed by atoms with Crippen LogP contribution < -0.4 is 15.2 Å². The first kappa shape index (κ1) is 29.0. The number of imidazole rings is 1. The van der Waals surface area contributed by atoms with Crippen LogP contribution in [0.2, 0.25) is 0 Å². The number of nitrogens with zero attached hydrogens (tertiary/aromatic N) is 6. The van der Waals surface area contributed by atoms with Crippen LogP contribution in [0.4, 0.5) is 9.93 Å². The van der Waals surface area contributed by atoms with Crippen LogP contribution in [0.1, 0.15) is 26.6 Å². The predicted molar refractivity (Wildman–Crippen MR) is 151 cm³/mol. The summed E-state index contributed by atoms with van der Waals surface area (Å²) in [6.07, 6.45) is 4.84. The number of hydrogen-bond donors (Lipinski definition) is 3. The lowest BCUT2D eigenvalue weighted by Gasteiger charge is -2.49. The first-order valence-electron chi connectivity index (χ1n) is 12.6. The maximum Gasteiger partial charge on any atom is 0.414 e. The van der Waals surface area contributed by atoms with Crippen molar-refractivity contribution in [1.82, 2.24) is 24.0 Å². The van der Waals surface area contributed by atoms with E-state index in [0.717, 1.165) is 17.2 Å². The van der Waals surface area contributed by atoms with E-state index in [0.29, 0.717) is 11.3 Å². The van der Waals surface area contributed by atoms with Gasteiger partial charge in [0.05, 0.1) is 6.20 Å². The van der Waals surface area contributed by atoms with Gasteiger partial charge in [-0.05, 0) is 26.8 Å². The molecule has 17 heteroatoms. The lowest BCUT2D eigenvalue weighted by molar-refractivity contribution is -0.662. The molecule has 5 rings (SSSR count). The molecule has 0 unspecified atom stereocenters. The number of rotatable bonds is 8. The van der Waals surface area contributed by atoms with E-state index < -0.39 is 40.9 Å². The number of aliphatic carboxylic acids is 1. The third-order valence-electron chi connectivity index (χ3n) is 6.11. The minimum atomic E-state index is -1.23. The molecule has 220 valence electrons. The Labute approximate surface area is 247 Å². The molecule has 2 aliphatic rings. The molecule has 0 spiro atoms. The number of aromatic nitrogens is 4. The number of carbonyl (C=O) groups is 4. The minimum absolute atomic E-state index is 0.0576. The molecule has 0 bridgehead atoms. The number of anilines is 1. The van der Waals surface area contributed by atoms with Crippen LogP contribution in [-0.2, 0) is 30.5 Å². The van der Waals surface area contributed by atoms with Crippen LogP contribution in [0.3, 0.4) is 0 Å². The Morgan fingerprint density at radius 2 is 2.05 bits per heavy atom. The highest BCUT2D eigenvalue weighted by Gasteiger charge is 2.54. The SMILES string of the molecule is CON=C(C(=O)N[C@H]1C(=O)N2C(C(=O)O)=C(C[n+]3ccn4ccccc43)CS[C@@H]12)c1nsc(NC(=O)OC(C)(C)C)n1.